The maximum Gasteiger partial charge on any atom is 0.258 e. The first-order valence-corrected chi connectivity index (χ1v) is 11.9. The van der Waals surface area contributed by atoms with Crippen LogP contribution in [0.15, 0.2) is 66.3 Å². The number of allylic oxidation sites excluding steroid dienone is 1. The average molecular weight is 520 g/mol. The first kappa shape index (κ1) is 22.9. The van der Waals surface area contributed by atoms with Gasteiger partial charge in [-0.25, -0.2) is 9.98 Å². The highest BCUT2D eigenvalue weighted by Crippen LogP contribution is 2.47. The number of nitrogens with one attached hydrogen (secondary N) is 2. The summed E-state index contributed by atoms with van der Waals surface area (Å²) in [7, 11) is 0. The summed E-state index contributed by atoms with van der Waals surface area (Å²) in [6.07, 6.45) is 8.45. The highest BCUT2D eigenvalue weighted by atomic mass is 35.5. The van der Waals surface area contributed by atoms with Crippen molar-refractivity contribution in [1.82, 2.24) is 25.5 Å². The monoisotopic (exact) mass is 519 g/mol. The maximum atomic E-state index is 12.6. The van der Waals surface area contributed by atoms with Crippen molar-refractivity contribution in [3.63, 3.8) is 0 Å². The number of aromatic amines is 1. The number of pyridine rings is 1. The Morgan fingerprint density at radius 1 is 1.29 bits per heavy atom. The van der Waals surface area contributed by atoms with Gasteiger partial charge in [0.05, 0.1) is 16.0 Å². The van der Waals surface area contributed by atoms with Crippen molar-refractivity contribution in [3.8, 4) is 27.9 Å². The molecule has 2 N–H and O–H groups in total. The molecule has 1 aliphatic rings. The van der Waals surface area contributed by atoms with E-state index in [9.17, 15) is 10.1 Å². The van der Waals surface area contributed by atoms with E-state index >= 15 is 0 Å². The summed E-state index contributed by atoms with van der Waals surface area (Å²) in [6, 6.07) is 10.9. The molecule has 0 saturated heterocycles. The number of nitriles is 1. The number of carbonyl (C=O) groups excluding carboxylic acids is 1. The van der Waals surface area contributed by atoms with Gasteiger partial charge in [0.25, 0.3) is 5.91 Å². The lowest BCUT2D eigenvalue weighted by molar-refractivity contribution is 0.0976. The number of hydrogen-bond acceptors (Lipinski definition) is 7. The second-order valence-electron chi connectivity index (χ2n) is 7.54. The third kappa shape index (κ3) is 4.59. The molecule has 4 heterocycles. The van der Waals surface area contributed by atoms with Gasteiger partial charge in [0.2, 0.25) is 0 Å². The van der Waals surface area contributed by atoms with E-state index in [1.54, 1.807) is 42.7 Å². The van der Waals surface area contributed by atoms with E-state index in [0.717, 1.165) is 9.75 Å². The Kier molecular flexibility index (Phi) is 6.42. The van der Waals surface area contributed by atoms with Gasteiger partial charge in [0.1, 0.15) is 18.2 Å². The van der Waals surface area contributed by atoms with Gasteiger partial charge in [0.15, 0.2) is 5.82 Å². The number of H-pyrrole nitrogens is 1. The van der Waals surface area contributed by atoms with Crippen LogP contribution in [0.25, 0.3) is 21.8 Å². The largest absolute Gasteiger partial charge is 0.310 e. The van der Waals surface area contributed by atoms with E-state index in [1.165, 1.54) is 23.9 Å². The summed E-state index contributed by atoms with van der Waals surface area (Å²) < 4.78 is 0. The second-order valence-corrected chi connectivity index (χ2v) is 9.44. The van der Waals surface area contributed by atoms with Crippen LogP contribution in [0.3, 0.4) is 0 Å². The van der Waals surface area contributed by atoms with Gasteiger partial charge in [-0.2, -0.15) is 10.4 Å². The summed E-state index contributed by atoms with van der Waals surface area (Å²) in [4.78, 5) is 26.7. The van der Waals surface area contributed by atoms with Crippen molar-refractivity contribution in [2.75, 3.05) is 0 Å². The third-order valence-corrected chi connectivity index (χ3v) is 7.23. The van der Waals surface area contributed by atoms with Gasteiger partial charge >= 0.3 is 0 Å². The maximum absolute atomic E-state index is 12.6. The van der Waals surface area contributed by atoms with E-state index in [4.69, 9.17) is 23.2 Å². The zero-order valence-corrected chi connectivity index (χ0v) is 20.2. The lowest BCUT2D eigenvalue weighted by atomic mass is 9.93. The van der Waals surface area contributed by atoms with Crippen LogP contribution in [0, 0.1) is 11.3 Å². The number of rotatable bonds is 4. The summed E-state index contributed by atoms with van der Waals surface area (Å²) in [6.45, 7) is 0. The summed E-state index contributed by atoms with van der Waals surface area (Å²) in [5.74, 6) is 0.527. The molecule has 1 unspecified atom stereocenters. The Bertz CT molecular complexity index is 1500. The number of benzene rings is 1. The number of carbonyl (C=O) groups is 1. The molecular formula is C24H15Cl2N7OS. The molecular weight excluding hydrogens is 505 g/mol. The highest BCUT2D eigenvalue weighted by molar-refractivity contribution is 7.16. The molecule has 1 aromatic carbocycles. The predicted octanol–water partition coefficient (Wildman–Crippen LogP) is 5.60. The predicted molar refractivity (Wildman–Crippen MR) is 136 cm³/mol. The van der Waals surface area contributed by atoms with Crippen LogP contribution in [0.1, 0.15) is 33.1 Å². The standard InChI is InChI=1S/C24H15Cl2N7OS/c25-15-3-4-16(18(26)9-15)20-17(10-27)21(35-22(20)23-30-12-31-33-23)13-5-7-29-19(8-13)32-24(34)14-2-1-6-28-11-14/h1-7,9,11-13H,8H2,(H,29,32,34)(H,30,31,33). The van der Waals surface area contributed by atoms with Crippen molar-refractivity contribution in [3.05, 3.63) is 87.4 Å². The molecule has 35 heavy (non-hydrogen) atoms. The van der Waals surface area contributed by atoms with Gasteiger partial charge in [-0.05, 0) is 24.3 Å². The topological polar surface area (TPSA) is 120 Å². The molecule has 3 aromatic heterocycles. The zero-order chi connectivity index (χ0) is 24.4. The number of thiophene rings is 1. The minimum Gasteiger partial charge on any atom is -0.310 e. The molecule has 0 spiro atoms. The van der Waals surface area contributed by atoms with Crippen molar-refractivity contribution >= 4 is 46.3 Å². The van der Waals surface area contributed by atoms with Crippen LogP contribution in [-0.4, -0.2) is 31.9 Å². The molecule has 11 heteroatoms. The Hall–Kier alpha value is -3.84. The number of nitrogens with zero attached hydrogens (tertiary/aromatic N) is 5. The van der Waals surface area contributed by atoms with Crippen LogP contribution in [0.2, 0.25) is 10.0 Å². The zero-order valence-electron chi connectivity index (χ0n) is 17.9. The fraction of sp³-hybridized carbons (Fsp3) is 0.0833. The number of hydrogen-bond donors (Lipinski definition) is 2. The van der Waals surface area contributed by atoms with E-state index in [2.05, 4.69) is 36.5 Å². The summed E-state index contributed by atoms with van der Waals surface area (Å²) >= 11 is 14.1. The fourth-order valence-corrected chi connectivity index (χ4v) is 5.58. The SMILES string of the molecule is N#Cc1c(C2C=CN=C(NC(=O)c3cccnc3)C2)sc(-c2ncn[nH]2)c1-c1ccc(Cl)cc1Cl. The number of aromatic nitrogens is 4. The van der Waals surface area contributed by atoms with Crippen molar-refractivity contribution < 1.29 is 4.79 Å². The Morgan fingerprint density at radius 2 is 2.17 bits per heavy atom. The summed E-state index contributed by atoms with van der Waals surface area (Å²) in [5, 5.41) is 20.8. The molecule has 0 radical (unpaired) electrons. The second kappa shape index (κ2) is 9.80. The van der Waals surface area contributed by atoms with Crippen molar-refractivity contribution in [1.29, 1.82) is 5.26 Å². The molecule has 5 rings (SSSR count). The number of aliphatic imine (C=N–C) groups is 1. The molecule has 1 atom stereocenters. The molecule has 4 aromatic rings. The van der Waals surface area contributed by atoms with Crippen LogP contribution >= 0.6 is 34.5 Å². The molecule has 172 valence electrons. The van der Waals surface area contributed by atoms with Crippen molar-refractivity contribution in [2.24, 2.45) is 4.99 Å². The average Bonchev–Trinajstić information content (AvgIpc) is 3.53. The van der Waals surface area contributed by atoms with E-state index in [0.29, 0.717) is 50.4 Å². The lowest BCUT2D eigenvalue weighted by Crippen LogP contribution is -2.32. The van der Waals surface area contributed by atoms with Crippen LogP contribution < -0.4 is 5.32 Å². The number of amidine groups is 1. The van der Waals surface area contributed by atoms with E-state index in [1.807, 2.05) is 6.08 Å². The van der Waals surface area contributed by atoms with Crippen LogP contribution in [0.5, 0.6) is 0 Å². The van der Waals surface area contributed by atoms with Gasteiger partial charge in [-0.3, -0.25) is 14.9 Å². The molecule has 0 aliphatic carbocycles. The molecule has 0 saturated carbocycles. The number of halogens is 2. The molecule has 1 amide bonds. The molecule has 8 nitrogen and oxygen atoms in total. The first-order chi connectivity index (χ1) is 17.0. The van der Waals surface area contributed by atoms with Gasteiger partial charge in [-0.1, -0.05) is 35.3 Å². The fourth-order valence-electron chi connectivity index (χ4n) is 3.78. The molecule has 0 bridgehead atoms. The van der Waals surface area contributed by atoms with E-state index < -0.39 is 0 Å². The van der Waals surface area contributed by atoms with Crippen LogP contribution in [-0.2, 0) is 0 Å². The van der Waals surface area contributed by atoms with Gasteiger partial charge in [0, 0.05) is 57.0 Å². The first-order valence-electron chi connectivity index (χ1n) is 10.4. The van der Waals surface area contributed by atoms with Crippen LogP contribution in [0.4, 0.5) is 0 Å². The van der Waals surface area contributed by atoms with E-state index in [-0.39, 0.29) is 11.8 Å². The number of amides is 1. The quantitative estimate of drug-likeness (QED) is 0.363. The Balaban J connectivity index is 1.53. The lowest BCUT2D eigenvalue weighted by Gasteiger charge is -2.17. The summed E-state index contributed by atoms with van der Waals surface area (Å²) in [5.41, 5.74) is 2.23. The van der Waals surface area contributed by atoms with Gasteiger partial charge in [-0.15, -0.1) is 11.3 Å². The minimum absolute atomic E-state index is 0.196. The Labute approximate surface area is 214 Å². The molecule has 1 aliphatic heterocycles. The highest BCUT2D eigenvalue weighted by Gasteiger charge is 2.29. The van der Waals surface area contributed by atoms with Crippen molar-refractivity contribution in [2.45, 2.75) is 12.3 Å². The minimum atomic E-state index is -0.298. The Morgan fingerprint density at radius 3 is 2.89 bits per heavy atom. The normalized spacial score (nSPS) is 14.9. The molecule has 0 fully saturated rings. The smallest absolute Gasteiger partial charge is 0.258 e. The third-order valence-electron chi connectivity index (χ3n) is 5.36. The van der Waals surface area contributed by atoms with Gasteiger partial charge < -0.3 is 5.32 Å².